The van der Waals surface area contributed by atoms with Crippen LogP contribution in [0.15, 0.2) is 29.1 Å². The van der Waals surface area contributed by atoms with E-state index < -0.39 is 0 Å². The minimum absolute atomic E-state index is 0.0896. The first-order valence-corrected chi connectivity index (χ1v) is 9.86. The molecule has 0 atom stereocenters. The Morgan fingerprint density at radius 1 is 0.760 bits per heavy atom. The Hall–Kier alpha value is -2.04. The lowest BCUT2D eigenvalue weighted by atomic mass is 10.2. The van der Waals surface area contributed by atoms with Gasteiger partial charge in [-0.25, -0.2) is 4.98 Å². The fourth-order valence-electron chi connectivity index (χ4n) is 4.10. The highest BCUT2D eigenvalue weighted by Crippen LogP contribution is 2.21. The first-order chi connectivity index (χ1) is 12.3. The predicted octanol–water partition coefficient (Wildman–Crippen LogP) is 3.29. The lowest BCUT2D eigenvalue weighted by molar-refractivity contribution is 0.557. The van der Waals surface area contributed by atoms with Crippen LogP contribution in [0.1, 0.15) is 51.4 Å². The molecular weight excluding hydrogens is 312 g/mol. The molecule has 134 valence electrons. The summed E-state index contributed by atoms with van der Waals surface area (Å²) >= 11 is 0. The fourth-order valence-corrected chi connectivity index (χ4v) is 4.10. The van der Waals surface area contributed by atoms with E-state index in [2.05, 4.69) is 9.91 Å². The average Bonchev–Trinajstić information content (AvgIpc) is 3.07. The smallest absolute Gasteiger partial charge is 0.281 e. The highest BCUT2D eigenvalue weighted by molar-refractivity contribution is 5.78. The van der Waals surface area contributed by atoms with E-state index in [0.717, 1.165) is 55.9 Å². The standard InChI is InChI=1S/C20H28N4O/c25-19-17-11-5-6-12-18(17)21-20(22-13-7-1-2-8-14-22)24(19)23-15-9-3-4-10-16-23/h5-6,11-12H,1-4,7-10,13-16H2. The Balaban J connectivity index is 1.85. The molecule has 0 amide bonds. The molecule has 2 saturated heterocycles. The Morgan fingerprint density at radius 3 is 2.04 bits per heavy atom. The van der Waals surface area contributed by atoms with Crippen molar-refractivity contribution in [1.29, 1.82) is 0 Å². The van der Waals surface area contributed by atoms with Crippen LogP contribution in [0.3, 0.4) is 0 Å². The van der Waals surface area contributed by atoms with E-state index in [-0.39, 0.29) is 5.56 Å². The summed E-state index contributed by atoms with van der Waals surface area (Å²) in [5.41, 5.74) is 0.907. The van der Waals surface area contributed by atoms with Crippen LogP contribution in [-0.2, 0) is 0 Å². The van der Waals surface area contributed by atoms with Crippen molar-refractivity contribution in [3.05, 3.63) is 34.6 Å². The van der Waals surface area contributed by atoms with Crippen molar-refractivity contribution in [2.24, 2.45) is 0 Å². The second kappa shape index (κ2) is 7.46. The quantitative estimate of drug-likeness (QED) is 0.841. The van der Waals surface area contributed by atoms with Crippen molar-refractivity contribution in [2.45, 2.75) is 51.4 Å². The lowest BCUT2D eigenvalue weighted by Crippen LogP contribution is -2.46. The molecule has 5 nitrogen and oxygen atoms in total. The van der Waals surface area contributed by atoms with Crippen LogP contribution in [0.4, 0.5) is 5.95 Å². The molecule has 0 spiro atoms. The maximum Gasteiger partial charge on any atom is 0.281 e. The number of para-hydroxylation sites is 1. The molecule has 0 radical (unpaired) electrons. The molecule has 0 bridgehead atoms. The van der Waals surface area contributed by atoms with Crippen LogP contribution in [-0.4, -0.2) is 35.8 Å². The van der Waals surface area contributed by atoms with Gasteiger partial charge in [0.05, 0.1) is 10.9 Å². The number of benzene rings is 1. The van der Waals surface area contributed by atoms with E-state index in [0.29, 0.717) is 0 Å². The maximum absolute atomic E-state index is 13.3. The normalized spacial score (nSPS) is 19.7. The van der Waals surface area contributed by atoms with Gasteiger partial charge >= 0.3 is 0 Å². The number of nitrogens with zero attached hydrogens (tertiary/aromatic N) is 4. The van der Waals surface area contributed by atoms with E-state index >= 15 is 0 Å². The van der Waals surface area contributed by atoms with Gasteiger partial charge in [0.15, 0.2) is 0 Å². The maximum atomic E-state index is 13.3. The predicted molar refractivity (Wildman–Crippen MR) is 103 cm³/mol. The first kappa shape index (κ1) is 16.4. The molecule has 4 rings (SSSR count). The Morgan fingerprint density at radius 2 is 1.36 bits per heavy atom. The number of hydrogen-bond acceptors (Lipinski definition) is 4. The summed E-state index contributed by atoms with van der Waals surface area (Å²) in [7, 11) is 0. The van der Waals surface area contributed by atoms with Gasteiger partial charge in [0, 0.05) is 26.2 Å². The highest BCUT2D eigenvalue weighted by atomic mass is 16.1. The van der Waals surface area contributed by atoms with Crippen molar-refractivity contribution < 1.29 is 0 Å². The van der Waals surface area contributed by atoms with E-state index in [1.807, 2.05) is 28.9 Å². The zero-order valence-corrected chi connectivity index (χ0v) is 15.0. The molecule has 3 heterocycles. The minimum Gasteiger partial charge on any atom is -0.341 e. The summed E-state index contributed by atoms with van der Waals surface area (Å²) < 4.78 is 1.90. The molecule has 0 saturated carbocycles. The first-order valence-electron chi connectivity index (χ1n) is 9.86. The summed E-state index contributed by atoms with van der Waals surface area (Å²) in [5.74, 6) is 0.854. The van der Waals surface area contributed by atoms with E-state index in [1.54, 1.807) is 0 Å². The van der Waals surface area contributed by atoms with Crippen molar-refractivity contribution in [3.63, 3.8) is 0 Å². The van der Waals surface area contributed by atoms with Gasteiger partial charge in [-0.15, -0.1) is 0 Å². The Kier molecular flexibility index (Phi) is 4.90. The Bertz CT molecular complexity index is 769. The fraction of sp³-hybridized carbons (Fsp3) is 0.600. The zero-order valence-electron chi connectivity index (χ0n) is 15.0. The largest absolute Gasteiger partial charge is 0.341 e. The molecule has 0 unspecified atom stereocenters. The molecule has 1 aromatic heterocycles. The van der Waals surface area contributed by atoms with Gasteiger partial charge in [0.2, 0.25) is 5.95 Å². The van der Waals surface area contributed by atoms with Gasteiger partial charge in [-0.2, -0.15) is 4.68 Å². The summed E-state index contributed by atoms with van der Waals surface area (Å²) in [6.45, 7) is 3.89. The number of aromatic nitrogens is 2. The monoisotopic (exact) mass is 340 g/mol. The number of rotatable bonds is 2. The molecule has 0 aliphatic carbocycles. The van der Waals surface area contributed by atoms with Crippen LogP contribution in [0.2, 0.25) is 0 Å². The van der Waals surface area contributed by atoms with Crippen LogP contribution in [0.25, 0.3) is 10.9 Å². The third-order valence-corrected chi connectivity index (χ3v) is 5.49. The van der Waals surface area contributed by atoms with Gasteiger partial charge in [-0.05, 0) is 37.8 Å². The Labute approximate surface area is 149 Å². The lowest BCUT2D eigenvalue weighted by Gasteiger charge is -2.32. The second-order valence-corrected chi connectivity index (χ2v) is 7.32. The van der Waals surface area contributed by atoms with Crippen molar-refractivity contribution in [2.75, 3.05) is 36.1 Å². The van der Waals surface area contributed by atoms with Crippen LogP contribution < -0.4 is 15.5 Å². The SMILES string of the molecule is O=c1c2ccccc2nc(N2CCCCCC2)n1N1CCCCCC1. The molecule has 5 heteroatoms. The van der Waals surface area contributed by atoms with E-state index in [1.165, 1.54) is 38.5 Å². The molecule has 1 aromatic carbocycles. The summed E-state index contributed by atoms with van der Waals surface area (Å²) in [6, 6.07) is 7.77. The average molecular weight is 340 g/mol. The molecule has 2 aliphatic heterocycles. The molecular formula is C20H28N4O. The van der Waals surface area contributed by atoms with Gasteiger partial charge in [-0.1, -0.05) is 37.8 Å². The molecule has 2 fully saturated rings. The third kappa shape index (κ3) is 3.37. The van der Waals surface area contributed by atoms with Crippen molar-refractivity contribution >= 4 is 16.9 Å². The highest BCUT2D eigenvalue weighted by Gasteiger charge is 2.22. The van der Waals surface area contributed by atoms with Crippen LogP contribution in [0, 0.1) is 0 Å². The third-order valence-electron chi connectivity index (χ3n) is 5.49. The van der Waals surface area contributed by atoms with Crippen molar-refractivity contribution in [1.82, 2.24) is 9.66 Å². The van der Waals surface area contributed by atoms with E-state index in [4.69, 9.17) is 4.98 Å². The molecule has 2 aliphatic rings. The van der Waals surface area contributed by atoms with Crippen molar-refractivity contribution in [3.8, 4) is 0 Å². The zero-order chi connectivity index (χ0) is 17.1. The summed E-state index contributed by atoms with van der Waals surface area (Å²) in [4.78, 5) is 20.6. The number of fused-ring (bicyclic) bond motifs is 1. The summed E-state index contributed by atoms with van der Waals surface area (Å²) in [6.07, 6.45) is 9.73. The van der Waals surface area contributed by atoms with Crippen LogP contribution in [0.5, 0.6) is 0 Å². The summed E-state index contributed by atoms with van der Waals surface area (Å²) in [5, 5.41) is 2.97. The number of anilines is 1. The van der Waals surface area contributed by atoms with E-state index in [9.17, 15) is 4.79 Å². The van der Waals surface area contributed by atoms with Gasteiger partial charge < -0.3 is 9.91 Å². The number of hydrogen-bond donors (Lipinski definition) is 0. The van der Waals surface area contributed by atoms with Gasteiger partial charge in [0.25, 0.3) is 5.56 Å². The molecule has 2 aromatic rings. The minimum atomic E-state index is 0.0896. The second-order valence-electron chi connectivity index (χ2n) is 7.32. The topological polar surface area (TPSA) is 41.4 Å². The molecule has 0 N–H and O–H groups in total. The molecule has 25 heavy (non-hydrogen) atoms. The van der Waals surface area contributed by atoms with Gasteiger partial charge in [0.1, 0.15) is 0 Å². The van der Waals surface area contributed by atoms with Crippen LogP contribution >= 0.6 is 0 Å². The van der Waals surface area contributed by atoms with Gasteiger partial charge in [-0.3, -0.25) is 4.79 Å².